The van der Waals surface area contributed by atoms with Gasteiger partial charge in [0, 0.05) is 0 Å². The number of phenols is 2. The topological polar surface area (TPSA) is 65.2 Å². The van der Waals surface area contributed by atoms with Gasteiger partial charge in [0.1, 0.15) is 0 Å². The maximum absolute atomic E-state index is 10.3. The van der Waals surface area contributed by atoms with E-state index in [0.717, 1.165) is 54.7 Å². The number of aliphatic imine (C=N–C) groups is 2. The summed E-state index contributed by atoms with van der Waals surface area (Å²) in [7, 11) is 0. The predicted molar refractivity (Wildman–Crippen MR) is 125 cm³/mol. The molecule has 3 rings (SSSR count). The first-order valence-electron chi connectivity index (χ1n) is 8.91. The number of hydrogen-bond donors (Lipinski definition) is 2. The van der Waals surface area contributed by atoms with Crippen LogP contribution in [-0.2, 0) is 0 Å². The van der Waals surface area contributed by atoms with E-state index in [2.05, 4.69) is 64.1 Å². The minimum absolute atomic E-state index is 0.0776. The number of nitrogens with zero attached hydrogens (tertiary/aromatic N) is 2. The van der Waals surface area contributed by atoms with Gasteiger partial charge in [0.25, 0.3) is 0 Å². The molecule has 1 saturated carbocycles. The van der Waals surface area contributed by atoms with Crippen molar-refractivity contribution in [1.82, 2.24) is 0 Å². The van der Waals surface area contributed by atoms with Crippen molar-refractivity contribution in [2.75, 3.05) is 0 Å². The van der Waals surface area contributed by atoms with Crippen LogP contribution in [0.5, 0.6) is 11.5 Å². The van der Waals surface area contributed by atoms with Gasteiger partial charge in [-0.25, -0.2) is 0 Å². The molecule has 0 aliphatic heterocycles. The van der Waals surface area contributed by atoms with Gasteiger partial charge in [-0.3, -0.25) is 0 Å². The predicted octanol–water partition coefficient (Wildman–Crippen LogP) is -1.95. The van der Waals surface area contributed by atoms with Crippen LogP contribution in [0.4, 0.5) is 0 Å². The number of aromatic hydroxyl groups is 2. The van der Waals surface area contributed by atoms with Crippen molar-refractivity contribution >= 4 is 94.3 Å². The molecule has 28 heavy (non-hydrogen) atoms. The zero-order valence-electron chi connectivity index (χ0n) is 15.0. The Labute approximate surface area is 198 Å². The van der Waals surface area contributed by atoms with Crippen LogP contribution >= 0.6 is 0 Å². The van der Waals surface area contributed by atoms with E-state index in [9.17, 15) is 10.2 Å². The Morgan fingerprint density at radius 1 is 0.714 bits per heavy atom. The Balaban J connectivity index is 1.82. The summed E-state index contributed by atoms with van der Waals surface area (Å²) < 4.78 is 3.63. The summed E-state index contributed by atoms with van der Waals surface area (Å²) in [5.74, 6) is 0.511. The van der Waals surface area contributed by atoms with Crippen LogP contribution in [0.1, 0.15) is 36.8 Å². The van der Waals surface area contributed by atoms with E-state index < -0.39 is 0 Å². The van der Waals surface area contributed by atoms with E-state index >= 15 is 0 Å². The first-order chi connectivity index (χ1) is 13.3. The third-order valence-corrected chi connectivity index (χ3v) is 7.23. The van der Waals surface area contributed by atoms with Crippen molar-refractivity contribution in [2.45, 2.75) is 37.8 Å². The van der Waals surface area contributed by atoms with E-state index in [-0.39, 0.29) is 23.6 Å². The van der Waals surface area contributed by atoms with Crippen LogP contribution in [0.2, 0.25) is 0 Å². The molecule has 8 heteroatoms. The summed E-state index contributed by atoms with van der Waals surface area (Å²) >= 11 is 9.76. The third-order valence-electron chi connectivity index (χ3n) is 4.71. The van der Waals surface area contributed by atoms with E-state index in [1.165, 1.54) is 0 Å². The van der Waals surface area contributed by atoms with Gasteiger partial charge < -0.3 is 0 Å². The normalized spacial score (nSPS) is 20.3. The molecule has 2 N–H and O–H groups in total. The van der Waals surface area contributed by atoms with E-state index in [1.807, 2.05) is 24.3 Å². The zero-order valence-corrected chi connectivity index (χ0v) is 22.5. The molecule has 1 aliphatic carbocycles. The van der Waals surface area contributed by atoms with E-state index in [0.29, 0.717) is 0 Å². The van der Waals surface area contributed by atoms with Crippen LogP contribution in [0.15, 0.2) is 34.3 Å². The first kappa shape index (κ1) is 22.2. The van der Waals surface area contributed by atoms with Gasteiger partial charge in [0.2, 0.25) is 0 Å². The summed E-state index contributed by atoms with van der Waals surface area (Å²) in [6.07, 6.45) is 7.75. The Hall–Kier alpha value is -0.542. The van der Waals surface area contributed by atoms with E-state index in [4.69, 9.17) is 9.98 Å². The van der Waals surface area contributed by atoms with Gasteiger partial charge in [-0.2, -0.15) is 0 Å². The molecule has 1 fully saturated rings. The van der Waals surface area contributed by atoms with Gasteiger partial charge >= 0.3 is 199 Å². The molecule has 1 aliphatic rings. The van der Waals surface area contributed by atoms with Crippen LogP contribution in [-0.4, -0.2) is 98.8 Å². The first-order valence-corrected chi connectivity index (χ1v) is 12.7. The molecule has 0 unspecified atom stereocenters. The number of rotatable bonds is 4. The second-order valence-corrected chi connectivity index (χ2v) is 11.0. The molecule has 2 atom stereocenters. The summed E-state index contributed by atoms with van der Waals surface area (Å²) in [4.78, 5) is 9.53. The summed E-state index contributed by atoms with van der Waals surface area (Å²) in [5.41, 5.74) is 1.45. The third kappa shape index (κ3) is 5.53. The molecular formula is C20H22N2O2Se4. The summed E-state index contributed by atoms with van der Waals surface area (Å²) in [5, 5.41) is 20.6. The zero-order chi connectivity index (χ0) is 20.3. The average Bonchev–Trinajstić information content (AvgIpc) is 2.65. The average molecular weight is 638 g/mol. The number of phenolic OH excluding ortho intramolecular Hbond substituents is 2. The molecule has 0 bridgehead atoms. The molecule has 2 aromatic rings. The molecule has 2 aromatic carbocycles. The molecule has 4 nitrogen and oxygen atoms in total. The maximum atomic E-state index is 10.3. The molecule has 148 valence electrons. The van der Waals surface area contributed by atoms with Crippen molar-refractivity contribution in [3.8, 4) is 11.5 Å². The Bertz CT molecular complexity index is 855. The van der Waals surface area contributed by atoms with Gasteiger partial charge in [0.05, 0.1) is 0 Å². The van der Waals surface area contributed by atoms with Crippen LogP contribution in [0.3, 0.4) is 0 Å². The fourth-order valence-corrected chi connectivity index (χ4v) is 6.45. The van der Waals surface area contributed by atoms with Crippen LogP contribution in [0, 0.1) is 0 Å². The number of hydrogen-bond acceptors (Lipinski definition) is 4. The van der Waals surface area contributed by atoms with Gasteiger partial charge in [-0.1, -0.05) is 0 Å². The molecule has 0 saturated heterocycles. The quantitative estimate of drug-likeness (QED) is 0.303. The van der Waals surface area contributed by atoms with Crippen molar-refractivity contribution in [2.24, 2.45) is 9.98 Å². The standard InChI is InChI=1S/C20H22N2O2Se4/c23-19-11(5-13(25)7-17(19)27)9-21-15-3-1-2-4-16(15)22-10-12-6-14(26)8-18(28)20(12)24/h5-10,15-16,23-28H,1-4H2/t15-,16-/m1/s1. The molecule has 0 amide bonds. The van der Waals surface area contributed by atoms with Gasteiger partial charge in [-0.05, 0) is 0 Å². The van der Waals surface area contributed by atoms with E-state index in [1.54, 1.807) is 12.4 Å². The van der Waals surface area contributed by atoms with Crippen LogP contribution in [0.25, 0.3) is 0 Å². The van der Waals surface area contributed by atoms with Crippen LogP contribution < -0.4 is 17.8 Å². The van der Waals surface area contributed by atoms with Crippen molar-refractivity contribution in [3.63, 3.8) is 0 Å². The van der Waals surface area contributed by atoms with Crippen molar-refractivity contribution in [3.05, 3.63) is 35.4 Å². The second kappa shape index (κ2) is 9.98. The monoisotopic (exact) mass is 642 g/mol. The molecular weight excluding hydrogens is 616 g/mol. The van der Waals surface area contributed by atoms with Gasteiger partial charge in [-0.15, -0.1) is 0 Å². The Kier molecular flexibility index (Phi) is 7.89. The second-order valence-electron chi connectivity index (χ2n) is 6.78. The molecule has 0 heterocycles. The van der Waals surface area contributed by atoms with Crippen molar-refractivity contribution in [1.29, 1.82) is 0 Å². The molecule has 0 spiro atoms. The SMILES string of the molecule is Oc1c([SeH])cc([SeH])cc1C=N[C@@H]1CCCC[C@H]1N=Cc1cc([SeH])cc([SeH])c1O. The molecule has 0 radical (unpaired) electrons. The fourth-order valence-electron chi connectivity index (χ4n) is 3.24. The Morgan fingerprint density at radius 3 is 1.50 bits per heavy atom. The fraction of sp³-hybridized carbons (Fsp3) is 0.300. The summed E-state index contributed by atoms with van der Waals surface area (Å²) in [6, 6.07) is 7.81. The Morgan fingerprint density at radius 2 is 1.11 bits per heavy atom. The van der Waals surface area contributed by atoms with Crippen molar-refractivity contribution < 1.29 is 10.2 Å². The molecule has 0 aromatic heterocycles. The minimum atomic E-state index is 0.0776. The number of benzene rings is 2. The van der Waals surface area contributed by atoms with Gasteiger partial charge in [0.15, 0.2) is 0 Å². The summed E-state index contributed by atoms with van der Waals surface area (Å²) in [6.45, 7) is 0.